The lowest BCUT2D eigenvalue weighted by atomic mass is 10.0. The Hall–Kier alpha value is -1.94. The van der Waals surface area contributed by atoms with Crippen LogP contribution in [0.1, 0.15) is 350 Å². The average Bonchev–Trinajstić information content (AvgIpc) is 3.58. The van der Waals surface area contributed by atoms with Crippen LogP contribution in [0.5, 0.6) is 0 Å². The van der Waals surface area contributed by atoms with E-state index in [-0.39, 0.29) is 25.7 Å². The summed E-state index contributed by atoms with van der Waals surface area (Å²) in [5.74, 6) is -0.684. The number of aliphatic hydroxyl groups is 1. The monoisotopic (exact) mass is 1300 g/mol. The number of carbonyl (C=O) groups excluding carboxylic acids is 4. The molecule has 3 N–H and O–H groups in total. The second-order valence-electron chi connectivity index (χ2n) is 25.9. The SMILES string of the molecule is CCCCCCCCCCCCCCCCCC(=O)OC[C@H](COP(=O)(O)OC[C@@H](O)COP(=O)(O)OC[C@@H](COC(=O)CCCCCCCCCCC)OC(=O)CCCCCCCCC(C)C)OC(=O)CCCCCCCCCCCCCCC(C)C. The van der Waals surface area contributed by atoms with Gasteiger partial charge in [-0.25, -0.2) is 9.13 Å². The molecule has 0 aliphatic heterocycles. The van der Waals surface area contributed by atoms with E-state index >= 15 is 0 Å². The summed E-state index contributed by atoms with van der Waals surface area (Å²) in [6.45, 7) is 9.44. The Bertz CT molecular complexity index is 1720. The summed E-state index contributed by atoms with van der Waals surface area (Å²) in [5, 5.41) is 10.6. The molecule has 88 heavy (non-hydrogen) atoms. The molecule has 0 aliphatic carbocycles. The normalized spacial score (nSPS) is 14.2. The molecule has 522 valence electrons. The molecule has 0 rings (SSSR count). The Labute approximate surface area is 537 Å². The van der Waals surface area contributed by atoms with E-state index in [0.29, 0.717) is 31.6 Å². The molecule has 0 aliphatic rings. The van der Waals surface area contributed by atoms with Crippen LogP contribution in [-0.2, 0) is 65.4 Å². The van der Waals surface area contributed by atoms with Gasteiger partial charge in [0.25, 0.3) is 0 Å². The zero-order chi connectivity index (χ0) is 65.0. The Morgan fingerprint density at radius 2 is 0.523 bits per heavy atom. The van der Waals surface area contributed by atoms with Crippen molar-refractivity contribution in [2.24, 2.45) is 11.8 Å². The number of aliphatic hydroxyl groups excluding tert-OH is 1. The lowest BCUT2D eigenvalue weighted by molar-refractivity contribution is -0.161. The zero-order valence-electron chi connectivity index (χ0n) is 57.0. The molecule has 0 radical (unpaired) electrons. The van der Waals surface area contributed by atoms with Gasteiger partial charge in [-0.05, 0) is 37.5 Å². The summed E-state index contributed by atoms with van der Waals surface area (Å²) >= 11 is 0. The second-order valence-corrected chi connectivity index (χ2v) is 28.8. The van der Waals surface area contributed by atoms with Crippen molar-refractivity contribution in [2.75, 3.05) is 39.6 Å². The highest BCUT2D eigenvalue weighted by Gasteiger charge is 2.30. The summed E-state index contributed by atoms with van der Waals surface area (Å²) in [4.78, 5) is 72.4. The van der Waals surface area contributed by atoms with Crippen LogP contribution in [0.3, 0.4) is 0 Å². The highest BCUT2D eigenvalue weighted by Crippen LogP contribution is 2.45. The van der Waals surface area contributed by atoms with Crippen molar-refractivity contribution in [2.45, 2.75) is 368 Å². The van der Waals surface area contributed by atoms with Gasteiger partial charge in [0.1, 0.15) is 19.3 Å². The number of esters is 4. The van der Waals surface area contributed by atoms with Crippen LogP contribution in [0.25, 0.3) is 0 Å². The molecule has 0 spiro atoms. The smallest absolute Gasteiger partial charge is 0.462 e. The van der Waals surface area contributed by atoms with Gasteiger partial charge in [0.05, 0.1) is 26.4 Å². The number of phosphoric ester groups is 2. The van der Waals surface area contributed by atoms with E-state index in [4.69, 9.17) is 37.0 Å². The fourth-order valence-corrected chi connectivity index (χ4v) is 12.0. The van der Waals surface area contributed by atoms with Crippen LogP contribution < -0.4 is 0 Å². The van der Waals surface area contributed by atoms with Crippen molar-refractivity contribution in [3.63, 3.8) is 0 Å². The van der Waals surface area contributed by atoms with Crippen molar-refractivity contribution >= 4 is 39.5 Å². The van der Waals surface area contributed by atoms with Gasteiger partial charge in [-0.2, -0.15) is 0 Å². The summed E-state index contributed by atoms with van der Waals surface area (Å²) in [6, 6.07) is 0. The van der Waals surface area contributed by atoms with Gasteiger partial charge in [0.2, 0.25) is 0 Å². The van der Waals surface area contributed by atoms with Gasteiger partial charge >= 0.3 is 39.5 Å². The molecule has 0 fully saturated rings. The number of ether oxygens (including phenoxy) is 4. The molecule has 0 heterocycles. The maximum atomic E-state index is 13.0. The van der Waals surface area contributed by atoms with E-state index < -0.39 is 97.5 Å². The number of unbranched alkanes of at least 4 members (excludes halogenated alkanes) is 38. The van der Waals surface area contributed by atoms with Gasteiger partial charge in [-0.1, -0.05) is 298 Å². The van der Waals surface area contributed by atoms with Crippen molar-refractivity contribution < 1.29 is 80.2 Å². The fraction of sp³-hybridized carbons (Fsp3) is 0.942. The summed E-state index contributed by atoms with van der Waals surface area (Å²) in [6.07, 6.45) is 46.0. The third-order valence-corrected chi connectivity index (χ3v) is 17.9. The number of hydrogen-bond acceptors (Lipinski definition) is 15. The van der Waals surface area contributed by atoms with Gasteiger partial charge in [0, 0.05) is 25.7 Å². The first-order valence-electron chi connectivity index (χ1n) is 36.0. The van der Waals surface area contributed by atoms with Crippen LogP contribution in [-0.4, -0.2) is 96.7 Å². The highest BCUT2D eigenvalue weighted by atomic mass is 31.2. The number of phosphoric acid groups is 2. The average molecular weight is 1300 g/mol. The molecule has 0 saturated carbocycles. The van der Waals surface area contributed by atoms with E-state index in [0.717, 1.165) is 95.8 Å². The first-order chi connectivity index (χ1) is 42.4. The molecule has 2 unspecified atom stereocenters. The minimum Gasteiger partial charge on any atom is -0.462 e. The minimum absolute atomic E-state index is 0.102. The maximum absolute atomic E-state index is 13.0. The number of carbonyl (C=O) groups is 4. The van der Waals surface area contributed by atoms with Crippen molar-refractivity contribution in [3.8, 4) is 0 Å². The molecule has 19 heteroatoms. The molecule has 0 amide bonds. The third-order valence-electron chi connectivity index (χ3n) is 16.0. The van der Waals surface area contributed by atoms with E-state index in [1.54, 1.807) is 0 Å². The van der Waals surface area contributed by atoms with Gasteiger partial charge in [-0.3, -0.25) is 37.3 Å². The quantitative estimate of drug-likeness (QED) is 0.0222. The van der Waals surface area contributed by atoms with Crippen LogP contribution in [0.4, 0.5) is 0 Å². The first kappa shape index (κ1) is 86.1. The van der Waals surface area contributed by atoms with Gasteiger partial charge in [0.15, 0.2) is 12.2 Å². The molecule has 17 nitrogen and oxygen atoms in total. The lowest BCUT2D eigenvalue weighted by Gasteiger charge is -2.21. The van der Waals surface area contributed by atoms with E-state index in [2.05, 4.69) is 41.5 Å². The standard InChI is InChI=1S/C69H134O17P2/c1-7-9-11-13-15-17-18-19-20-21-25-29-33-40-46-52-67(72)80-57-64(85-68(73)53-47-41-34-30-26-23-22-24-28-31-37-43-49-61(3)4)59-83-87(75,76)81-55-63(70)56-82-88(77,78)84-60-65(86-69(74)54-48-42-36-35-38-44-50-62(5)6)58-79-66(71)51-45-39-32-27-16-14-12-10-8-2/h61-65,70H,7-60H2,1-6H3,(H,75,76)(H,77,78)/t63-,64-,65-/m1/s1. The number of hydrogen-bond donors (Lipinski definition) is 3. The molecular weight excluding hydrogens is 1160 g/mol. The molecule has 0 aromatic carbocycles. The molecule has 0 aromatic rings. The minimum atomic E-state index is -4.95. The Morgan fingerprint density at radius 1 is 0.307 bits per heavy atom. The topological polar surface area (TPSA) is 237 Å². The van der Waals surface area contributed by atoms with E-state index in [9.17, 15) is 43.2 Å². The van der Waals surface area contributed by atoms with E-state index in [1.807, 2.05) is 0 Å². The maximum Gasteiger partial charge on any atom is 0.472 e. The summed E-state index contributed by atoms with van der Waals surface area (Å²) in [5.41, 5.74) is 0. The Balaban J connectivity index is 5.22. The summed E-state index contributed by atoms with van der Waals surface area (Å²) in [7, 11) is -9.89. The molecule has 0 saturated heterocycles. The zero-order valence-corrected chi connectivity index (χ0v) is 58.8. The van der Waals surface area contributed by atoms with Crippen molar-refractivity contribution in [1.29, 1.82) is 0 Å². The van der Waals surface area contributed by atoms with E-state index in [1.165, 1.54) is 167 Å². The van der Waals surface area contributed by atoms with Crippen LogP contribution in [0, 0.1) is 11.8 Å². The largest absolute Gasteiger partial charge is 0.472 e. The fourth-order valence-electron chi connectivity index (χ4n) is 10.4. The molecule has 0 aromatic heterocycles. The van der Waals surface area contributed by atoms with Crippen molar-refractivity contribution in [3.05, 3.63) is 0 Å². The second kappa shape index (κ2) is 61.3. The van der Waals surface area contributed by atoms with Crippen LogP contribution >= 0.6 is 15.6 Å². The Morgan fingerprint density at radius 3 is 0.773 bits per heavy atom. The third kappa shape index (κ3) is 62.8. The van der Waals surface area contributed by atoms with Crippen LogP contribution in [0.15, 0.2) is 0 Å². The molecule has 5 atom stereocenters. The predicted molar refractivity (Wildman–Crippen MR) is 354 cm³/mol. The highest BCUT2D eigenvalue weighted by molar-refractivity contribution is 7.47. The first-order valence-corrected chi connectivity index (χ1v) is 39.0. The molecule has 0 bridgehead atoms. The number of rotatable bonds is 68. The van der Waals surface area contributed by atoms with Crippen molar-refractivity contribution in [1.82, 2.24) is 0 Å². The summed E-state index contributed by atoms with van der Waals surface area (Å²) < 4.78 is 68.2. The lowest BCUT2D eigenvalue weighted by Crippen LogP contribution is -2.30. The Kier molecular flexibility index (Phi) is 59.9. The van der Waals surface area contributed by atoms with Gasteiger partial charge < -0.3 is 33.8 Å². The molecular formula is C69H134O17P2. The van der Waals surface area contributed by atoms with Gasteiger partial charge in [-0.15, -0.1) is 0 Å². The van der Waals surface area contributed by atoms with Crippen LogP contribution in [0.2, 0.25) is 0 Å². The predicted octanol–water partition coefficient (Wildman–Crippen LogP) is 19.6.